The fraction of sp³-hybridized carbons (Fsp3) is 0.136. The second-order valence-electron chi connectivity index (χ2n) is 6.58. The van der Waals surface area contributed by atoms with Crippen molar-refractivity contribution in [3.05, 3.63) is 87.9 Å². The van der Waals surface area contributed by atoms with Gasteiger partial charge in [0.05, 0.1) is 17.7 Å². The predicted molar refractivity (Wildman–Crippen MR) is 115 cm³/mol. The molecule has 0 saturated carbocycles. The molecule has 5 nitrogen and oxygen atoms in total. The number of aryl methyl sites for hydroxylation is 2. The first-order valence-corrected chi connectivity index (χ1v) is 10.7. The van der Waals surface area contributed by atoms with Crippen molar-refractivity contribution in [1.29, 1.82) is 0 Å². The predicted octanol–water partition coefficient (Wildman–Crippen LogP) is 5.00. The van der Waals surface area contributed by atoms with Gasteiger partial charge < -0.3 is 4.74 Å². The molecule has 0 spiro atoms. The number of ether oxygens (including phenoxy) is 1. The molecule has 0 fully saturated rings. The summed E-state index contributed by atoms with van der Waals surface area (Å²) in [5.41, 5.74) is 1.86. The topological polar surface area (TPSA) is 72.5 Å². The molecule has 0 aromatic heterocycles. The van der Waals surface area contributed by atoms with E-state index in [-0.39, 0.29) is 21.9 Å². The van der Waals surface area contributed by atoms with Crippen molar-refractivity contribution in [3.8, 4) is 5.75 Å². The molecule has 0 radical (unpaired) electrons. The van der Waals surface area contributed by atoms with Gasteiger partial charge in [0.25, 0.3) is 10.0 Å². The van der Waals surface area contributed by atoms with Crippen LogP contribution >= 0.6 is 11.6 Å². The summed E-state index contributed by atoms with van der Waals surface area (Å²) >= 11 is 6.08. The van der Waals surface area contributed by atoms with E-state index in [2.05, 4.69) is 4.72 Å². The van der Waals surface area contributed by atoms with Crippen molar-refractivity contribution >= 4 is 33.1 Å². The smallest absolute Gasteiger partial charge is 0.262 e. The Morgan fingerprint density at radius 1 is 0.966 bits per heavy atom. The molecule has 0 aliphatic rings. The molecular formula is C22H20ClNO4S. The number of anilines is 1. The molecule has 29 heavy (non-hydrogen) atoms. The van der Waals surface area contributed by atoms with Gasteiger partial charge in [0.15, 0.2) is 5.78 Å². The number of hydrogen-bond donors (Lipinski definition) is 1. The van der Waals surface area contributed by atoms with E-state index in [9.17, 15) is 13.2 Å². The lowest BCUT2D eigenvalue weighted by atomic mass is 10.0. The number of hydrogen-bond acceptors (Lipinski definition) is 4. The average molecular weight is 430 g/mol. The highest BCUT2D eigenvalue weighted by atomic mass is 35.5. The third-order valence-electron chi connectivity index (χ3n) is 4.44. The molecule has 0 atom stereocenters. The van der Waals surface area contributed by atoms with Crippen molar-refractivity contribution in [1.82, 2.24) is 0 Å². The highest BCUT2D eigenvalue weighted by Gasteiger charge is 2.23. The zero-order valence-corrected chi connectivity index (χ0v) is 17.8. The number of halogens is 1. The first-order valence-electron chi connectivity index (χ1n) is 8.80. The van der Waals surface area contributed by atoms with Gasteiger partial charge in [-0.1, -0.05) is 41.9 Å². The monoisotopic (exact) mass is 429 g/mol. The third kappa shape index (κ3) is 4.44. The minimum Gasteiger partial charge on any atom is -0.497 e. The molecular weight excluding hydrogens is 410 g/mol. The highest BCUT2D eigenvalue weighted by molar-refractivity contribution is 7.92. The fourth-order valence-electron chi connectivity index (χ4n) is 3.19. The summed E-state index contributed by atoms with van der Waals surface area (Å²) < 4.78 is 34.0. The van der Waals surface area contributed by atoms with E-state index in [1.165, 1.54) is 25.3 Å². The van der Waals surface area contributed by atoms with Crippen LogP contribution in [0.3, 0.4) is 0 Å². The van der Waals surface area contributed by atoms with Crippen LogP contribution in [0.4, 0.5) is 5.69 Å². The van der Waals surface area contributed by atoms with Crippen LogP contribution < -0.4 is 9.46 Å². The van der Waals surface area contributed by atoms with Gasteiger partial charge in [-0.05, 0) is 55.3 Å². The average Bonchev–Trinajstić information content (AvgIpc) is 2.68. The lowest BCUT2D eigenvalue weighted by Gasteiger charge is -2.16. The Balaban J connectivity index is 2.06. The molecule has 3 aromatic rings. The second kappa shape index (κ2) is 8.27. The molecule has 150 valence electrons. The highest BCUT2D eigenvalue weighted by Crippen LogP contribution is 2.30. The molecule has 0 aliphatic heterocycles. The summed E-state index contributed by atoms with van der Waals surface area (Å²) in [5, 5.41) is 0.337. The van der Waals surface area contributed by atoms with Gasteiger partial charge in [0.2, 0.25) is 0 Å². The fourth-order valence-corrected chi connectivity index (χ4v) is 4.89. The molecule has 3 aromatic carbocycles. The largest absolute Gasteiger partial charge is 0.497 e. The van der Waals surface area contributed by atoms with Crippen LogP contribution in [0.2, 0.25) is 5.02 Å². The zero-order valence-electron chi connectivity index (χ0n) is 16.2. The van der Waals surface area contributed by atoms with Gasteiger partial charge in [-0.15, -0.1) is 0 Å². The Kier molecular flexibility index (Phi) is 5.96. The third-order valence-corrected chi connectivity index (χ3v) is 6.35. The summed E-state index contributed by atoms with van der Waals surface area (Å²) in [7, 11) is -2.43. The molecule has 1 N–H and O–H groups in total. The van der Waals surface area contributed by atoms with Crippen LogP contribution in [0, 0.1) is 13.8 Å². The minimum atomic E-state index is -3.95. The Hall–Kier alpha value is -2.83. The molecule has 7 heteroatoms. The van der Waals surface area contributed by atoms with Gasteiger partial charge in [-0.25, -0.2) is 8.42 Å². The number of carbonyl (C=O) groups excluding carboxylic acids is 1. The van der Waals surface area contributed by atoms with Crippen LogP contribution in [0.15, 0.2) is 65.6 Å². The van der Waals surface area contributed by atoms with Crippen molar-refractivity contribution in [2.24, 2.45) is 0 Å². The van der Waals surface area contributed by atoms with Crippen molar-refractivity contribution < 1.29 is 17.9 Å². The van der Waals surface area contributed by atoms with Crippen LogP contribution in [-0.2, 0) is 10.0 Å². The molecule has 0 bridgehead atoms. The second-order valence-corrected chi connectivity index (χ2v) is 8.64. The number of carbonyl (C=O) groups is 1. The number of benzene rings is 3. The van der Waals surface area contributed by atoms with Crippen molar-refractivity contribution in [3.63, 3.8) is 0 Å². The molecule has 0 saturated heterocycles. The normalized spacial score (nSPS) is 11.2. The van der Waals surface area contributed by atoms with Gasteiger partial charge >= 0.3 is 0 Å². The van der Waals surface area contributed by atoms with Crippen LogP contribution in [0.5, 0.6) is 5.75 Å². The summed E-state index contributed by atoms with van der Waals surface area (Å²) in [4.78, 5) is 13.1. The van der Waals surface area contributed by atoms with E-state index >= 15 is 0 Å². The van der Waals surface area contributed by atoms with Gasteiger partial charge in [-0.2, -0.15) is 0 Å². The Labute approximate surface area is 175 Å². The van der Waals surface area contributed by atoms with E-state index in [1.807, 2.05) is 0 Å². The van der Waals surface area contributed by atoms with Crippen LogP contribution in [0.1, 0.15) is 27.0 Å². The number of sulfonamides is 1. The van der Waals surface area contributed by atoms with Crippen molar-refractivity contribution in [2.75, 3.05) is 11.8 Å². The van der Waals surface area contributed by atoms with Crippen LogP contribution in [0.25, 0.3) is 0 Å². The first-order chi connectivity index (χ1) is 13.7. The number of nitrogens with one attached hydrogen (secondary N) is 1. The van der Waals surface area contributed by atoms with E-state index in [0.29, 0.717) is 27.5 Å². The van der Waals surface area contributed by atoms with Gasteiger partial charge in [0, 0.05) is 16.1 Å². The summed E-state index contributed by atoms with van der Waals surface area (Å²) in [6.07, 6.45) is 0. The van der Waals surface area contributed by atoms with Gasteiger partial charge in [-0.3, -0.25) is 9.52 Å². The maximum absolute atomic E-state index is 13.1. The number of rotatable bonds is 6. The molecule has 0 heterocycles. The minimum absolute atomic E-state index is 0.145. The SMILES string of the molecule is COc1cc(C)c(S(=O)(=O)Nc2ccc(Cl)cc2C(=O)c2ccccc2)c(C)c1. The zero-order chi connectivity index (χ0) is 21.2. The van der Waals surface area contributed by atoms with E-state index in [4.69, 9.17) is 16.3 Å². The standard InChI is InChI=1S/C22H20ClNO4S/c1-14-11-18(28-3)12-15(2)22(14)29(26,27)24-20-10-9-17(23)13-19(20)21(25)16-7-5-4-6-8-16/h4-13,24H,1-3H3. The molecule has 0 aliphatic carbocycles. The maximum Gasteiger partial charge on any atom is 0.262 e. The number of ketones is 1. The number of methoxy groups -OCH3 is 1. The summed E-state index contributed by atoms with van der Waals surface area (Å²) in [6, 6.07) is 16.4. The van der Waals surface area contributed by atoms with Crippen molar-refractivity contribution in [2.45, 2.75) is 18.7 Å². The quantitative estimate of drug-likeness (QED) is 0.560. The van der Waals surface area contributed by atoms with Crippen LogP contribution in [-0.4, -0.2) is 21.3 Å². The Morgan fingerprint density at radius 2 is 1.59 bits per heavy atom. The Bertz CT molecular complexity index is 1150. The lowest BCUT2D eigenvalue weighted by Crippen LogP contribution is -2.18. The summed E-state index contributed by atoms with van der Waals surface area (Å²) in [6.45, 7) is 3.39. The summed E-state index contributed by atoms with van der Waals surface area (Å²) in [5.74, 6) is 0.249. The molecule has 3 rings (SSSR count). The van der Waals surface area contributed by atoms with E-state index in [0.717, 1.165) is 0 Å². The lowest BCUT2D eigenvalue weighted by molar-refractivity contribution is 0.103. The molecule has 0 unspecified atom stereocenters. The maximum atomic E-state index is 13.1. The molecule has 0 amide bonds. The first kappa shape index (κ1) is 20.9. The van der Waals surface area contributed by atoms with E-state index in [1.54, 1.807) is 56.3 Å². The van der Waals surface area contributed by atoms with Gasteiger partial charge in [0.1, 0.15) is 5.75 Å². The van der Waals surface area contributed by atoms with E-state index < -0.39 is 10.0 Å². The Morgan fingerprint density at radius 3 is 2.17 bits per heavy atom.